The second-order valence-electron chi connectivity index (χ2n) is 4.44. The van der Waals surface area contributed by atoms with E-state index in [4.69, 9.17) is 58.7 Å². The molecule has 12 nitrogen and oxygen atoms in total. The van der Waals surface area contributed by atoms with Gasteiger partial charge in [0, 0.05) is 36.4 Å². The summed E-state index contributed by atoms with van der Waals surface area (Å²) in [6.07, 6.45) is 5.14. The van der Waals surface area contributed by atoms with Crippen LogP contribution in [-0.4, -0.2) is 72.8 Å². The Labute approximate surface area is 300 Å². The van der Waals surface area contributed by atoms with Crippen LogP contribution in [0, 0.1) is 13.8 Å². The normalized spacial score (nSPS) is 7.29. The molecule has 18 heteroatoms. The molecule has 0 rings (SSSR count). The number of aliphatic hydroxyl groups excluding tert-OH is 2. The van der Waals surface area contributed by atoms with Gasteiger partial charge in [0.15, 0.2) is 0 Å². The van der Waals surface area contributed by atoms with E-state index in [-0.39, 0.29) is 109 Å². The monoisotopic (exact) mass is 628 g/mol. The minimum Gasteiger partial charge on any atom is -0.456 e. The van der Waals surface area contributed by atoms with Gasteiger partial charge in [0.1, 0.15) is 0 Å². The molecule has 0 amide bonds. The molecule has 0 atom stereocenters. The Balaban J connectivity index is -0.0000000403. The van der Waals surface area contributed by atoms with Crippen molar-refractivity contribution >= 4 is 55.3 Å². The third kappa shape index (κ3) is 189. The summed E-state index contributed by atoms with van der Waals surface area (Å²) in [4.78, 5) is 19.6. The molecule has 196 valence electrons. The summed E-state index contributed by atoms with van der Waals surface area (Å²) < 4.78 is 59.3. The molecule has 0 saturated heterocycles. The van der Waals surface area contributed by atoms with E-state index in [1.165, 1.54) is 0 Å². The van der Waals surface area contributed by atoms with Crippen molar-refractivity contribution in [2.75, 3.05) is 26.4 Å². The molecule has 0 aromatic carbocycles. The Morgan fingerprint density at radius 2 is 1.00 bits per heavy atom. The van der Waals surface area contributed by atoms with Crippen LogP contribution in [0.15, 0.2) is 0 Å². The van der Waals surface area contributed by atoms with Gasteiger partial charge in [0.05, 0.1) is 13.2 Å². The standard InChI is InChI=1S/C5H9ClO2.C4H6ClO2.C4H10O.C3H7O.2K.2O3S/c1-2-3-4-8-5(6)7;1-2-3-7-4(5)6;1-2-3-4-5;1-2-3-4;;;2*1-4(2)3/h2-4H2,1H3;1-3H2;5H,2-4H2,1H3;4H,1-3H2;;;;/q;-1;;-1;2*+1;;. The fourth-order valence-corrected chi connectivity index (χ4v) is 0.762. The molecular formula is C16H32Cl2K2O12S2. The van der Waals surface area contributed by atoms with Crippen molar-refractivity contribution in [2.24, 2.45) is 0 Å². The van der Waals surface area contributed by atoms with Crippen LogP contribution in [0.4, 0.5) is 9.59 Å². The van der Waals surface area contributed by atoms with Crippen LogP contribution in [0.2, 0.25) is 0 Å². The van der Waals surface area contributed by atoms with Crippen molar-refractivity contribution in [3.8, 4) is 0 Å². The fourth-order valence-electron chi connectivity index (χ4n) is 0.607. The Kier molecular flexibility index (Phi) is 98.9. The second kappa shape index (κ2) is 59.8. The van der Waals surface area contributed by atoms with Crippen molar-refractivity contribution in [3.63, 3.8) is 0 Å². The summed E-state index contributed by atoms with van der Waals surface area (Å²) in [7, 11) is -6.22. The van der Waals surface area contributed by atoms with E-state index in [9.17, 15) is 9.59 Å². The van der Waals surface area contributed by atoms with E-state index < -0.39 is 32.1 Å². The number of aliphatic hydroxyl groups is 2. The van der Waals surface area contributed by atoms with Crippen molar-refractivity contribution in [1.29, 1.82) is 0 Å². The van der Waals surface area contributed by atoms with Gasteiger partial charge in [0.25, 0.3) is 0 Å². The van der Waals surface area contributed by atoms with Crippen molar-refractivity contribution in [3.05, 3.63) is 13.8 Å². The second-order valence-corrected chi connectivity index (χ2v) is 5.88. The molecule has 0 aliphatic carbocycles. The molecule has 0 bridgehead atoms. The average molecular weight is 630 g/mol. The van der Waals surface area contributed by atoms with Gasteiger partial charge in [0.2, 0.25) is 0 Å². The molecule has 0 radical (unpaired) electrons. The van der Waals surface area contributed by atoms with Crippen LogP contribution in [0.5, 0.6) is 0 Å². The van der Waals surface area contributed by atoms with Gasteiger partial charge in [-0.1, -0.05) is 26.7 Å². The molecule has 0 fully saturated rings. The van der Waals surface area contributed by atoms with Crippen LogP contribution in [0.25, 0.3) is 0 Å². The predicted molar refractivity (Wildman–Crippen MR) is 118 cm³/mol. The molecule has 0 aromatic heterocycles. The summed E-state index contributed by atoms with van der Waals surface area (Å²) >= 11 is 9.62. The van der Waals surface area contributed by atoms with E-state index in [0.29, 0.717) is 32.7 Å². The summed E-state index contributed by atoms with van der Waals surface area (Å²) in [5.74, 6) is 0. The SMILES string of the molecule is CCCCO.CCCCOC(=O)Cl.O=S(=O)=O.O=S(=O)=O.[CH2-]CCO.[CH2-]CCOC(=O)Cl.[K+].[K+]. The van der Waals surface area contributed by atoms with E-state index in [1.54, 1.807) is 0 Å². The molecule has 2 N–H and O–H groups in total. The number of halogens is 2. The molecule has 0 aromatic rings. The number of hydrogen-bond acceptors (Lipinski definition) is 12. The van der Waals surface area contributed by atoms with E-state index in [0.717, 1.165) is 25.7 Å². The molecule has 0 spiro atoms. The van der Waals surface area contributed by atoms with Crippen LogP contribution in [0.1, 0.15) is 52.4 Å². The number of unbranched alkanes of at least 4 members (excludes halogenated alkanes) is 2. The largest absolute Gasteiger partial charge is 1.00 e. The number of carbonyl (C=O) groups is 2. The zero-order chi connectivity index (χ0) is 26.8. The van der Waals surface area contributed by atoms with Gasteiger partial charge in [-0.05, 0) is 12.8 Å². The maximum absolute atomic E-state index is 9.86. The van der Waals surface area contributed by atoms with Gasteiger partial charge >= 0.3 is 135 Å². The Morgan fingerprint density at radius 3 is 1.12 bits per heavy atom. The first kappa shape index (κ1) is 56.2. The van der Waals surface area contributed by atoms with Crippen LogP contribution in [-0.2, 0) is 30.7 Å². The number of carbonyl (C=O) groups excluding carboxylic acids is 2. The molecular weight excluding hydrogens is 597 g/mol. The van der Waals surface area contributed by atoms with Crippen LogP contribution in [0.3, 0.4) is 0 Å². The molecule has 0 heterocycles. The van der Waals surface area contributed by atoms with Crippen LogP contribution >= 0.6 is 23.2 Å². The topological polar surface area (TPSA) is 195 Å². The average Bonchev–Trinajstić information content (AvgIpc) is 2.67. The van der Waals surface area contributed by atoms with Crippen molar-refractivity contribution in [1.82, 2.24) is 0 Å². The van der Waals surface area contributed by atoms with Gasteiger partial charge in [-0.15, -0.1) is 31.7 Å². The predicted octanol–water partition coefficient (Wildman–Crippen LogP) is -3.27. The first-order valence-electron chi connectivity index (χ1n) is 8.82. The maximum atomic E-state index is 9.86. The zero-order valence-corrected chi connectivity index (χ0v) is 29.4. The third-order valence-corrected chi connectivity index (χ3v) is 1.96. The quantitative estimate of drug-likeness (QED) is 0.118. The van der Waals surface area contributed by atoms with Crippen molar-refractivity contribution in [2.45, 2.75) is 52.4 Å². The summed E-state index contributed by atoms with van der Waals surface area (Å²) in [5, 5.41) is 15.9. The molecule has 0 aliphatic rings. The summed E-state index contributed by atoms with van der Waals surface area (Å²) in [6.45, 7) is 12.1. The molecule has 0 aliphatic heterocycles. The Bertz CT molecular complexity index is 544. The van der Waals surface area contributed by atoms with Gasteiger partial charge in [-0.25, -0.2) is 9.59 Å². The van der Waals surface area contributed by atoms with Crippen LogP contribution < -0.4 is 103 Å². The minimum atomic E-state index is -3.11. The minimum absolute atomic E-state index is 0. The maximum Gasteiger partial charge on any atom is 1.00 e. The smallest absolute Gasteiger partial charge is 0.456 e. The van der Waals surface area contributed by atoms with E-state index in [2.05, 4.69) is 30.2 Å². The third-order valence-electron chi connectivity index (χ3n) is 1.74. The van der Waals surface area contributed by atoms with Gasteiger partial charge in [-0.2, -0.15) is 6.42 Å². The molecule has 0 saturated carbocycles. The van der Waals surface area contributed by atoms with Gasteiger partial charge < -0.3 is 33.5 Å². The zero-order valence-electron chi connectivity index (χ0n) is 20.0. The summed E-state index contributed by atoms with van der Waals surface area (Å²) in [5.41, 5.74) is -1.47. The fraction of sp³-hybridized carbons (Fsp3) is 0.750. The first-order chi connectivity index (χ1) is 14.8. The first-order valence-corrected chi connectivity index (χ1v) is 11.6. The Morgan fingerprint density at radius 1 is 0.706 bits per heavy atom. The summed E-state index contributed by atoms with van der Waals surface area (Å²) in [6, 6.07) is 0. The number of rotatable bonds is 8. The van der Waals surface area contributed by atoms with E-state index >= 15 is 0 Å². The molecule has 34 heavy (non-hydrogen) atoms. The number of ether oxygens (including phenoxy) is 2. The number of hydrogen-bond donors (Lipinski definition) is 2. The van der Waals surface area contributed by atoms with Gasteiger partial charge in [-0.3, -0.25) is 0 Å². The van der Waals surface area contributed by atoms with Crippen molar-refractivity contribution < 1.29 is 157 Å². The Hall–Kier alpha value is 1.95. The van der Waals surface area contributed by atoms with E-state index in [1.807, 2.05) is 6.92 Å². The molecule has 0 unspecified atom stereocenters.